The van der Waals surface area contributed by atoms with Crippen molar-refractivity contribution in [1.29, 1.82) is 0 Å². The van der Waals surface area contributed by atoms with Crippen molar-refractivity contribution in [3.8, 4) is 0 Å². The number of Topliss-reactive ketones (excluding diaryl/α,β-unsaturated/α-hetero) is 1. The molecule has 4 nitrogen and oxygen atoms in total. The van der Waals surface area contributed by atoms with Crippen LogP contribution in [0.15, 0.2) is 23.8 Å². The fourth-order valence-corrected chi connectivity index (χ4v) is 1.71. The van der Waals surface area contributed by atoms with Gasteiger partial charge in [-0.25, -0.2) is 4.79 Å². The summed E-state index contributed by atoms with van der Waals surface area (Å²) in [6.45, 7) is 5.29. The van der Waals surface area contributed by atoms with Crippen LogP contribution in [0.2, 0.25) is 0 Å². The minimum absolute atomic E-state index is 0.0366. The van der Waals surface area contributed by atoms with Gasteiger partial charge in [0.2, 0.25) is 0 Å². The third kappa shape index (κ3) is 4.25. The topological polar surface area (TPSA) is 69.4 Å². The van der Waals surface area contributed by atoms with Crippen LogP contribution in [0.5, 0.6) is 0 Å². The summed E-state index contributed by atoms with van der Waals surface area (Å²) in [4.78, 5) is 23.2. The van der Waals surface area contributed by atoms with Crippen molar-refractivity contribution in [3.05, 3.63) is 34.9 Å². The van der Waals surface area contributed by atoms with Crippen molar-refractivity contribution in [2.75, 3.05) is 12.3 Å². The molecule has 102 valence electrons. The molecule has 4 heteroatoms. The minimum Gasteiger partial charge on any atom is -0.462 e. The van der Waals surface area contributed by atoms with Crippen LogP contribution in [0.1, 0.15) is 31.9 Å². The molecule has 1 rings (SSSR count). The van der Waals surface area contributed by atoms with Gasteiger partial charge in [-0.1, -0.05) is 13.0 Å². The summed E-state index contributed by atoms with van der Waals surface area (Å²) in [5.41, 5.74) is 8.22. The summed E-state index contributed by atoms with van der Waals surface area (Å²) in [7, 11) is 0. The van der Waals surface area contributed by atoms with Gasteiger partial charge in [0.15, 0.2) is 5.78 Å². The predicted octanol–water partition coefficient (Wildman–Crippen LogP) is 2.37. The second-order valence-electron chi connectivity index (χ2n) is 4.20. The van der Waals surface area contributed by atoms with E-state index in [1.807, 2.05) is 19.1 Å². The number of nitrogens with two attached hydrogens (primary N) is 1. The van der Waals surface area contributed by atoms with Crippen molar-refractivity contribution in [3.63, 3.8) is 0 Å². The van der Waals surface area contributed by atoms with Gasteiger partial charge in [-0.3, -0.25) is 4.79 Å². The van der Waals surface area contributed by atoms with Crippen molar-refractivity contribution >= 4 is 23.5 Å². The van der Waals surface area contributed by atoms with Crippen LogP contribution in [0.3, 0.4) is 0 Å². The van der Waals surface area contributed by atoms with Crippen LogP contribution in [-0.4, -0.2) is 18.4 Å². The number of hydrogen-bond acceptors (Lipinski definition) is 4. The number of ether oxygens (including phenoxy) is 1. The van der Waals surface area contributed by atoms with Gasteiger partial charge in [0.05, 0.1) is 6.61 Å². The van der Waals surface area contributed by atoms with Gasteiger partial charge in [-0.05, 0) is 49.6 Å². The van der Waals surface area contributed by atoms with Crippen LogP contribution in [0.4, 0.5) is 5.69 Å². The molecule has 0 aliphatic carbocycles. The molecule has 0 aliphatic rings. The second kappa shape index (κ2) is 6.73. The fraction of sp³-hybridized carbons (Fsp3) is 0.333. The number of esters is 1. The Morgan fingerprint density at radius 1 is 1.26 bits per heavy atom. The maximum Gasteiger partial charge on any atom is 0.341 e. The van der Waals surface area contributed by atoms with E-state index in [4.69, 9.17) is 10.5 Å². The molecular formula is C15H19NO3. The number of carbonyl (C=O) groups excluding carboxylic acids is 2. The standard InChI is InChI=1S/C15H19NO3/c1-4-11-6-12(8-13(16)7-11)9-14(10(3)17)15(18)19-5-2/h6-9H,4-5,16H2,1-3H3/b14-9+. The Labute approximate surface area is 113 Å². The summed E-state index contributed by atoms with van der Waals surface area (Å²) in [5, 5.41) is 0. The Kier molecular flexibility index (Phi) is 5.30. The Bertz CT molecular complexity index is 518. The van der Waals surface area contributed by atoms with E-state index in [2.05, 4.69) is 0 Å². The Balaban J connectivity index is 3.18. The van der Waals surface area contributed by atoms with E-state index in [1.165, 1.54) is 13.0 Å². The summed E-state index contributed by atoms with van der Waals surface area (Å²) in [5.74, 6) is -0.922. The lowest BCUT2D eigenvalue weighted by molar-refractivity contribution is -0.139. The molecule has 0 saturated heterocycles. The first-order valence-corrected chi connectivity index (χ1v) is 6.27. The first kappa shape index (κ1) is 15.0. The molecule has 0 fully saturated rings. The van der Waals surface area contributed by atoms with E-state index in [0.29, 0.717) is 5.69 Å². The average Bonchev–Trinajstić information content (AvgIpc) is 2.35. The first-order valence-electron chi connectivity index (χ1n) is 6.27. The molecule has 0 atom stereocenters. The molecule has 1 aromatic carbocycles. The second-order valence-corrected chi connectivity index (χ2v) is 4.20. The highest BCUT2D eigenvalue weighted by molar-refractivity contribution is 6.19. The molecule has 0 radical (unpaired) electrons. The largest absolute Gasteiger partial charge is 0.462 e. The van der Waals surface area contributed by atoms with E-state index in [1.54, 1.807) is 13.0 Å². The van der Waals surface area contributed by atoms with Crippen molar-refractivity contribution < 1.29 is 14.3 Å². The van der Waals surface area contributed by atoms with Gasteiger partial charge in [0, 0.05) is 5.69 Å². The lowest BCUT2D eigenvalue weighted by Gasteiger charge is -2.06. The molecular weight excluding hydrogens is 242 g/mol. The molecule has 0 aliphatic heterocycles. The van der Waals surface area contributed by atoms with Gasteiger partial charge in [0.1, 0.15) is 5.57 Å². The number of carbonyl (C=O) groups is 2. The van der Waals surface area contributed by atoms with Gasteiger partial charge in [-0.15, -0.1) is 0 Å². The van der Waals surface area contributed by atoms with E-state index < -0.39 is 5.97 Å². The summed E-state index contributed by atoms with van der Waals surface area (Å²) >= 11 is 0. The van der Waals surface area contributed by atoms with Crippen LogP contribution in [-0.2, 0) is 20.7 Å². The lowest BCUT2D eigenvalue weighted by atomic mass is 10.0. The van der Waals surface area contributed by atoms with Gasteiger partial charge in [-0.2, -0.15) is 0 Å². The highest BCUT2D eigenvalue weighted by Gasteiger charge is 2.15. The van der Waals surface area contributed by atoms with Crippen molar-refractivity contribution in [2.45, 2.75) is 27.2 Å². The molecule has 0 heterocycles. The van der Waals surface area contributed by atoms with Crippen molar-refractivity contribution in [1.82, 2.24) is 0 Å². The lowest BCUT2D eigenvalue weighted by Crippen LogP contribution is -2.13. The fourth-order valence-electron chi connectivity index (χ4n) is 1.71. The predicted molar refractivity (Wildman–Crippen MR) is 75.5 cm³/mol. The quantitative estimate of drug-likeness (QED) is 0.290. The zero-order valence-corrected chi connectivity index (χ0v) is 11.5. The number of benzene rings is 1. The van der Waals surface area contributed by atoms with Gasteiger partial charge < -0.3 is 10.5 Å². The molecule has 0 spiro atoms. The SMILES string of the molecule is CCOC(=O)/C(=C/c1cc(N)cc(CC)c1)C(C)=O. The molecule has 19 heavy (non-hydrogen) atoms. The molecule has 0 bridgehead atoms. The average molecular weight is 261 g/mol. The maximum absolute atomic E-state index is 11.7. The number of anilines is 1. The number of nitrogen functional groups attached to an aromatic ring is 1. The Morgan fingerprint density at radius 2 is 1.95 bits per heavy atom. The number of rotatable bonds is 5. The molecule has 0 saturated carbocycles. The van der Waals surface area contributed by atoms with Crippen molar-refractivity contribution in [2.24, 2.45) is 0 Å². The van der Waals surface area contributed by atoms with E-state index in [9.17, 15) is 9.59 Å². The van der Waals surface area contributed by atoms with E-state index in [-0.39, 0.29) is 18.0 Å². The molecule has 1 aromatic rings. The van der Waals surface area contributed by atoms with Crippen LogP contribution in [0, 0.1) is 0 Å². The molecule has 0 unspecified atom stereocenters. The third-order valence-electron chi connectivity index (χ3n) is 2.63. The van der Waals surface area contributed by atoms with E-state index in [0.717, 1.165) is 17.5 Å². The maximum atomic E-state index is 11.7. The summed E-state index contributed by atoms with van der Waals surface area (Å²) < 4.78 is 4.87. The summed E-state index contributed by atoms with van der Waals surface area (Å²) in [6.07, 6.45) is 2.36. The minimum atomic E-state index is -0.601. The molecule has 2 N–H and O–H groups in total. The first-order chi connectivity index (χ1) is 8.97. The Morgan fingerprint density at radius 3 is 2.47 bits per heavy atom. The zero-order valence-electron chi connectivity index (χ0n) is 11.5. The Hall–Kier alpha value is -2.10. The zero-order chi connectivity index (χ0) is 14.4. The van der Waals surface area contributed by atoms with Crippen LogP contribution in [0.25, 0.3) is 6.08 Å². The number of hydrogen-bond donors (Lipinski definition) is 1. The number of aryl methyl sites for hydroxylation is 1. The monoisotopic (exact) mass is 261 g/mol. The van der Waals surface area contributed by atoms with E-state index >= 15 is 0 Å². The number of ketones is 1. The smallest absolute Gasteiger partial charge is 0.341 e. The molecule has 0 aromatic heterocycles. The molecule has 0 amide bonds. The van der Waals surface area contributed by atoms with Crippen LogP contribution < -0.4 is 5.73 Å². The summed E-state index contributed by atoms with van der Waals surface area (Å²) in [6, 6.07) is 5.50. The highest BCUT2D eigenvalue weighted by atomic mass is 16.5. The normalized spacial score (nSPS) is 11.2. The van der Waals surface area contributed by atoms with Gasteiger partial charge >= 0.3 is 5.97 Å². The highest BCUT2D eigenvalue weighted by Crippen LogP contribution is 2.16. The third-order valence-corrected chi connectivity index (χ3v) is 2.63. The van der Waals surface area contributed by atoms with Crippen LogP contribution >= 0.6 is 0 Å². The van der Waals surface area contributed by atoms with Gasteiger partial charge in [0.25, 0.3) is 0 Å².